The zero-order chi connectivity index (χ0) is 11.4. The van der Waals surface area contributed by atoms with Crippen molar-refractivity contribution in [1.82, 2.24) is 20.0 Å². The third-order valence-corrected chi connectivity index (χ3v) is 3.03. The highest BCUT2D eigenvalue weighted by Gasteiger charge is 2.02. The molecule has 0 unspecified atom stereocenters. The Morgan fingerprint density at radius 3 is 3.25 bits per heavy atom. The lowest BCUT2D eigenvalue weighted by Gasteiger charge is -2.01. The Bertz CT molecular complexity index is 447. The number of fused-ring (bicyclic) bond motifs is 1. The van der Waals surface area contributed by atoms with E-state index in [2.05, 4.69) is 15.6 Å². The molecule has 0 atom stereocenters. The fourth-order valence-corrected chi connectivity index (χ4v) is 2.12. The van der Waals surface area contributed by atoms with Gasteiger partial charge in [-0.1, -0.05) is 0 Å². The van der Waals surface area contributed by atoms with Crippen molar-refractivity contribution in [1.29, 1.82) is 0 Å². The molecule has 5 nitrogen and oxygen atoms in total. The Kier molecular flexibility index (Phi) is 3.53. The molecule has 6 heteroatoms. The van der Waals surface area contributed by atoms with E-state index < -0.39 is 0 Å². The van der Waals surface area contributed by atoms with E-state index in [1.807, 2.05) is 22.2 Å². The molecular weight excluding hydrogens is 224 g/mol. The van der Waals surface area contributed by atoms with Crippen LogP contribution in [0, 0.1) is 0 Å². The third-order valence-electron chi connectivity index (χ3n) is 2.26. The van der Waals surface area contributed by atoms with Crippen LogP contribution in [0.4, 0.5) is 0 Å². The van der Waals surface area contributed by atoms with Crippen molar-refractivity contribution in [2.75, 3.05) is 13.6 Å². The minimum atomic E-state index is 0.0540. The van der Waals surface area contributed by atoms with Crippen molar-refractivity contribution in [2.45, 2.75) is 13.0 Å². The first-order chi connectivity index (χ1) is 7.79. The van der Waals surface area contributed by atoms with Gasteiger partial charge < -0.3 is 10.6 Å². The van der Waals surface area contributed by atoms with Gasteiger partial charge >= 0.3 is 0 Å². The number of hydrogen-bond acceptors (Lipinski definition) is 4. The number of hydrogen-bond donors (Lipinski definition) is 2. The van der Waals surface area contributed by atoms with Crippen LogP contribution in [0.3, 0.4) is 0 Å². The van der Waals surface area contributed by atoms with E-state index in [0.717, 1.165) is 10.7 Å². The summed E-state index contributed by atoms with van der Waals surface area (Å²) < 4.78 is 2.00. The number of nitrogens with zero attached hydrogens (tertiary/aromatic N) is 2. The average Bonchev–Trinajstić information content (AvgIpc) is 2.84. The van der Waals surface area contributed by atoms with Crippen LogP contribution in [0.5, 0.6) is 0 Å². The van der Waals surface area contributed by atoms with Crippen LogP contribution in [-0.4, -0.2) is 28.9 Å². The highest BCUT2D eigenvalue weighted by molar-refractivity contribution is 7.15. The normalized spacial score (nSPS) is 10.8. The summed E-state index contributed by atoms with van der Waals surface area (Å²) in [5.41, 5.74) is 1.00. The number of amides is 1. The van der Waals surface area contributed by atoms with E-state index >= 15 is 0 Å². The third kappa shape index (κ3) is 2.59. The topological polar surface area (TPSA) is 58.4 Å². The largest absolute Gasteiger partial charge is 0.359 e. The molecule has 0 spiro atoms. The first-order valence-corrected chi connectivity index (χ1v) is 6.00. The van der Waals surface area contributed by atoms with Crippen LogP contribution >= 0.6 is 11.3 Å². The maximum Gasteiger partial charge on any atom is 0.221 e. The number of carbonyl (C=O) groups excluding carboxylic acids is 1. The second-order valence-electron chi connectivity index (χ2n) is 3.43. The molecule has 2 rings (SSSR count). The molecule has 0 radical (unpaired) electrons. The van der Waals surface area contributed by atoms with Crippen LogP contribution in [0.15, 0.2) is 17.8 Å². The number of nitrogens with one attached hydrogen (secondary N) is 2. The Morgan fingerprint density at radius 1 is 1.62 bits per heavy atom. The molecule has 2 N–H and O–H groups in total. The van der Waals surface area contributed by atoms with E-state index in [-0.39, 0.29) is 5.91 Å². The zero-order valence-corrected chi connectivity index (χ0v) is 9.88. The van der Waals surface area contributed by atoms with Gasteiger partial charge in [0, 0.05) is 44.3 Å². The van der Waals surface area contributed by atoms with E-state index in [4.69, 9.17) is 0 Å². The van der Waals surface area contributed by atoms with Gasteiger partial charge in [-0.2, -0.15) is 0 Å². The molecule has 0 saturated heterocycles. The van der Waals surface area contributed by atoms with E-state index in [0.29, 0.717) is 19.5 Å². The second kappa shape index (κ2) is 5.09. The van der Waals surface area contributed by atoms with E-state index in [9.17, 15) is 4.79 Å². The Labute approximate surface area is 97.5 Å². The Morgan fingerprint density at radius 2 is 2.50 bits per heavy atom. The van der Waals surface area contributed by atoms with Crippen LogP contribution in [0.2, 0.25) is 0 Å². The maximum atomic E-state index is 11.0. The summed E-state index contributed by atoms with van der Waals surface area (Å²) in [6, 6.07) is 0. The van der Waals surface area contributed by atoms with Crippen LogP contribution in [0.25, 0.3) is 4.96 Å². The SMILES string of the molecule is CNC(=O)CCNCc1cn2ccsc2n1. The van der Waals surface area contributed by atoms with Crippen LogP contribution in [0.1, 0.15) is 12.1 Å². The number of aromatic nitrogens is 2. The van der Waals surface area contributed by atoms with Crippen molar-refractivity contribution in [3.05, 3.63) is 23.5 Å². The highest BCUT2D eigenvalue weighted by atomic mass is 32.1. The molecule has 0 aliphatic rings. The maximum absolute atomic E-state index is 11.0. The lowest BCUT2D eigenvalue weighted by Crippen LogP contribution is -2.24. The number of carbonyl (C=O) groups is 1. The van der Waals surface area contributed by atoms with Gasteiger partial charge in [-0.15, -0.1) is 11.3 Å². The number of rotatable bonds is 5. The molecule has 2 aromatic heterocycles. The molecular formula is C10H14N4OS. The van der Waals surface area contributed by atoms with Gasteiger partial charge in [0.1, 0.15) is 0 Å². The molecule has 86 valence electrons. The van der Waals surface area contributed by atoms with Gasteiger partial charge in [-0.3, -0.25) is 9.20 Å². The van der Waals surface area contributed by atoms with Gasteiger partial charge in [0.2, 0.25) is 5.91 Å². The Hall–Kier alpha value is -1.40. The van der Waals surface area contributed by atoms with Crippen LogP contribution < -0.4 is 10.6 Å². The first kappa shape index (κ1) is 11.1. The van der Waals surface area contributed by atoms with Gasteiger partial charge in [0.25, 0.3) is 0 Å². The molecule has 16 heavy (non-hydrogen) atoms. The van der Waals surface area contributed by atoms with E-state index in [1.54, 1.807) is 18.4 Å². The summed E-state index contributed by atoms with van der Waals surface area (Å²) in [4.78, 5) is 16.4. The fourth-order valence-electron chi connectivity index (χ4n) is 1.40. The number of thiazole rings is 1. The van der Waals surface area contributed by atoms with Gasteiger partial charge in [0.05, 0.1) is 5.69 Å². The monoisotopic (exact) mass is 238 g/mol. The van der Waals surface area contributed by atoms with Crippen molar-refractivity contribution >= 4 is 22.2 Å². The van der Waals surface area contributed by atoms with Gasteiger partial charge in [-0.25, -0.2) is 4.98 Å². The standard InChI is InChI=1S/C10H14N4OS/c1-11-9(15)2-3-12-6-8-7-14-4-5-16-10(14)13-8/h4-5,7,12H,2-3,6H2,1H3,(H,11,15). The second-order valence-corrected chi connectivity index (χ2v) is 4.30. The minimum Gasteiger partial charge on any atom is -0.359 e. The van der Waals surface area contributed by atoms with Gasteiger partial charge in [-0.05, 0) is 0 Å². The van der Waals surface area contributed by atoms with Crippen molar-refractivity contribution in [3.63, 3.8) is 0 Å². The average molecular weight is 238 g/mol. The lowest BCUT2D eigenvalue weighted by molar-refractivity contribution is -0.120. The van der Waals surface area contributed by atoms with Crippen molar-refractivity contribution in [2.24, 2.45) is 0 Å². The molecule has 0 aromatic carbocycles. The predicted molar refractivity (Wildman–Crippen MR) is 63.5 cm³/mol. The first-order valence-electron chi connectivity index (χ1n) is 5.12. The molecule has 0 fully saturated rings. The fraction of sp³-hybridized carbons (Fsp3) is 0.400. The summed E-state index contributed by atoms with van der Waals surface area (Å²) in [6.45, 7) is 1.37. The van der Waals surface area contributed by atoms with Gasteiger partial charge in [0.15, 0.2) is 4.96 Å². The summed E-state index contributed by atoms with van der Waals surface area (Å²) in [5, 5.41) is 7.77. The quantitative estimate of drug-likeness (QED) is 0.751. The Balaban J connectivity index is 1.78. The van der Waals surface area contributed by atoms with Crippen molar-refractivity contribution in [3.8, 4) is 0 Å². The molecule has 0 aliphatic heterocycles. The summed E-state index contributed by atoms with van der Waals surface area (Å²) in [5.74, 6) is 0.0540. The van der Waals surface area contributed by atoms with Crippen molar-refractivity contribution < 1.29 is 4.79 Å². The smallest absolute Gasteiger partial charge is 0.221 e. The highest BCUT2D eigenvalue weighted by Crippen LogP contribution is 2.10. The predicted octanol–water partition coefficient (Wildman–Crippen LogP) is 0.622. The molecule has 2 aromatic rings. The molecule has 0 saturated carbocycles. The zero-order valence-electron chi connectivity index (χ0n) is 9.06. The molecule has 2 heterocycles. The molecule has 0 bridgehead atoms. The number of imidazole rings is 1. The minimum absolute atomic E-state index is 0.0540. The van der Waals surface area contributed by atoms with E-state index in [1.165, 1.54) is 0 Å². The van der Waals surface area contributed by atoms with Crippen LogP contribution in [-0.2, 0) is 11.3 Å². The molecule has 1 amide bonds. The molecule has 0 aliphatic carbocycles. The summed E-state index contributed by atoms with van der Waals surface area (Å²) >= 11 is 1.62. The summed E-state index contributed by atoms with van der Waals surface area (Å²) in [6.07, 6.45) is 4.48. The summed E-state index contributed by atoms with van der Waals surface area (Å²) in [7, 11) is 1.64. The lowest BCUT2D eigenvalue weighted by atomic mass is 10.4.